The average molecular weight is 523 g/mol. The van der Waals surface area contributed by atoms with Crippen LogP contribution >= 0.6 is 0 Å². The molecule has 0 aliphatic rings. The number of hydrogen-bond donors (Lipinski definition) is 1. The van der Waals surface area contributed by atoms with Gasteiger partial charge in [0.1, 0.15) is 6.61 Å². The first-order valence-corrected chi connectivity index (χ1v) is 12.0. The van der Waals surface area contributed by atoms with Crippen molar-refractivity contribution in [1.29, 1.82) is 0 Å². The fourth-order valence-corrected chi connectivity index (χ4v) is 3.87. The summed E-state index contributed by atoms with van der Waals surface area (Å²) in [4.78, 5) is 0. The third kappa shape index (κ3) is 5.89. The Morgan fingerprint density at radius 1 is 0.711 bits per heavy atom. The molecule has 0 amide bonds. The number of benzene rings is 4. The zero-order valence-corrected chi connectivity index (χ0v) is 20.7. The Hall–Kier alpha value is -4.10. The highest BCUT2D eigenvalue weighted by Gasteiger charge is 2.18. The van der Waals surface area contributed by atoms with Gasteiger partial charge in [0.2, 0.25) is 11.6 Å². The molecule has 0 bridgehead atoms. The van der Waals surface area contributed by atoms with Crippen molar-refractivity contribution in [2.45, 2.75) is 26.1 Å². The molecule has 3 nitrogen and oxygen atoms in total. The van der Waals surface area contributed by atoms with Crippen LogP contribution in [0, 0.1) is 23.3 Å². The third-order valence-electron chi connectivity index (χ3n) is 6.04. The van der Waals surface area contributed by atoms with E-state index in [4.69, 9.17) is 9.47 Å². The molecule has 196 valence electrons. The van der Waals surface area contributed by atoms with Crippen LogP contribution in [0.15, 0.2) is 85.5 Å². The van der Waals surface area contributed by atoms with Crippen LogP contribution in [0.3, 0.4) is 0 Å². The molecule has 4 rings (SSSR count). The maximum Gasteiger partial charge on any atom is 0.201 e. The Morgan fingerprint density at radius 2 is 1.21 bits per heavy atom. The molecule has 0 heterocycles. The van der Waals surface area contributed by atoms with E-state index < -0.39 is 29.4 Å². The van der Waals surface area contributed by atoms with E-state index in [9.17, 15) is 22.7 Å². The normalized spacial score (nSPS) is 11.7. The van der Waals surface area contributed by atoms with Gasteiger partial charge in [0.25, 0.3) is 0 Å². The fourth-order valence-electron chi connectivity index (χ4n) is 3.87. The number of hydrogen-bond acceptors (Lipinski definition) is 3. The lowest BCUT2D eigenvalue weighted by Crippen LogP contribution is -2.01. The van der Waals surface area contributed by atoms with E-state index >= 15 is 0 Å². The Morgan fingerprint density at radius 3 is 1.71 bits per heavy atom. The molecule has 0 saturated heterocycles. The van der Waals surface area contributed by atoms with E-state index in [0.717, 1.165) is 0 Å². The highest BCUT2D eigenvalue weighted by Crippen LogP contribution is 2.32. The van der Waals surface area contributed by atoms with E-state index in [2.05, 4.69) is 6.58 Å². The van der Waals surface area contributed by atoms with Crippen LogP contribution in [0.4, 0.5) is 17.6 Å². The van der Waals surface area contributed by atoms with Crippen molar-refractivity contribution < 1.29 is 32.1 Å². The van der Waals surface area contributed by atoms with Gasteiger partial charge in [-0.3, -0.25) is 0 Å². The van der Waals surface area contributed by atoms with Crippen molar-refractivity contribution in [1.82, 2.24) is 0 Å². The first-order chi connectivity index (χ1) is 18.3. The highest BCUT2D eigenvalue weighted by molar-refractivity contribution is 5.66. The predicted molar refractivity (Wildman–Crippen MR) is 139 cm³/mol. The summed E-state index contributed by atoms with van der Waals surface area (Å²) in [5.41, 5.74) is 2.33. The molecule has 0 spiro atoms. The summed E-state index contributed by atoms with van der Waals surface area (Å²) in [5, 5.41) is 9.62. The van der Waals surface area contributed by atoms with Crippen LogP contribution in [0.5, 0.6) is 11.5 Å². The van der Waals surface area contributed by atoms with Crippen molar-refractivity contribution in [3.63, 3.8) is 0 Å². The van der Waals surface area contributed by atoms with E-state index in [1.54, 1.807) is 61.5 Å². The topological polar surface area (TPSA) is 38.7 Å². The molecule has 4 aromatic carbocycles. The van der Waals surface area contributed by atoms with Crippen molar-refractivity contribution in [2.75, 3.05) is 6.61 Å². The summed E-state index contributed by atoms with van der Waals surface area (Å²) in [5.74, 6) is -4.68. The maximum absolute atomic E-state index is 14.8. The molecular formula is C31H26F4O3. The molecule has 1 unspecified atom stereocenters. The Balaban J connectivity index is 1.44. The molecular weight excluding hydrogens is 496 g/mol. The first kappa shape index (κ1) is 26.9. The van der Waals surface area contributed by atoms with E-state index in [0.29, 0.717) is 28.7 Å². The van der Waals surface area contributed by atoms with Crippen LogP contribution in [-0.2, 0) is 6.61 Å². The SMILES string of the molecule is C=CCCOc1ccc(-c2ccc(COc3ccc(-c4ccc(C(C)O)cc4)c(F)c3F)cc2)c(F)c1F. The second kappa shape index (κ2) is 12.0. The summed E-state index contributed by atoms with van der Waals surface area (Å²) in [6.07, 6.45) is 1.46. The molecule has 0 aliphatic carbocycles. The molecule has 0 saturated carbocycles. The monoisotopic (exact) mass is 522 g/mol. The van der Waals surface area contributed by atoms with Gasteiger partial charge in [-0.15, -0.1) is 6.58 Å². The Labute approximate surface area is 218 Å². The van der Waals surface area contributed by atoms with Crippen molar-refractivity contribution in [3.05, 3.63) is 120 Å². The zero-order valence-electron chi connectivity index (χ0n) is 20.7. The second-order valence-electron chi connectivity index (χ2n) is 8.69. The molecule has 0 radical (unpaired) electrons. The number of ether oxygens (including phenoxy) is 2. The molecule has 7 heteroatoms. The molecule has 0 aromatic heterocycles. The third-order valence-corrected chi connectivity index (χ3v) is 6.04. The number of aliphatic hydroxyl groups excluding tert-OH is 1. The minimum atomic E-state index is -1.12. The van der Waals surface area contributed by atoms with Crippen LogP contribution < -0.4 is 9.47 Å². The van der Waals surface area contributed by atoms with Gasteiger partial charge in [-0.2, -0.15) is 8.78 Å². The molecule has 0 aliphatic heterocycles. The zero-order chi connectivity index (χ0) is 27.2. The first-order valence-electron chi connectivity index (χ1n) is 12.0. The van der Waals surface area contributed by atoms with Gasteiger partial charge in [-0.05, 0) is 59.9 Å². The van der Waals surface area contributed by atoms with Gasteiger partial charge in [-0.1, -0.05) is 54.6 Å². The van der Waals surface area contributed by atoms with Gasteiger partial charge < -0.3 is 14.6 Å². The quantitative estimate of drug-likeness (QED) is 0.130. The van der Waals surface area contributed by atoms with Gasteiger partial charge in [0.15, 0.2) is 23.1 Å². The molecule has 1 atom stereocenters. The summed E-state index contributed by atoms with van der Waals surface area (Å²) < 4.78 is 69.3. The summed E-state index contributed by atoms with van der Waals surface area (Å²) in [6, 6.07) is 18.5. The number of rotatable bonds is 10. The Bertz CT molecular complexity index is 1410. The minimum Gasteiger partial charge on any atom is -0.490 e. The Kier molecular flexibility index (Phi) is 8.48. The van der Waals surface area contributed by atoms with Gasteiger partial charge in [-0.25, -0.2) is 8.78 Å². The van der Waals surface area contributed by atoms with Crippen LogP contribution in [0.2, 0.25) is 0 Å². The van der Waals surface area contributed by atoms with Gasteiger partial charge in [0.05, 0.1) is 12.7 Å². The largest absolute Gasteiger partial charge is 0.490 e. The second-order valence-corrected chi connectivity index (χ2v) is 8.69. The number of aliphatic hydroxyl groups is 1. The standard InChI is InChI=1S/C31H26F4O3/c1-3-4-17-37-26-15-13-24(28(32)30(26)34)22-7-5-20(6-8-22)18-38-27-16-14-25(29(33)31(27)35)23-11-9-21(10-12-23)19(2)36/h3,5-16,19,36H,1,4,17-18H2,2H3. The maximum atomic E-state index is 14.8. The van der Waals surface area contributed by atoms with E-state index in [1.165, 1.54) is 24.3 Å². The van der Waals surface area contributed by atoms with E-state index in [-0.39, 0.29) is 35.8 Å². The summed E-state index contributed by atoms with van der Waals surface area (Å²) in [7, 11) is 0. The predicted octanol–water partition coefficient (Wildman–Crippen LogP) is 8.16. The van der Waals surface area contributed by atoms with Crippen LogP contribution in [0.1, 0.15) is 30.6 Å². The van der Waals surface area contributed by atoms with E-state index in [1.807, 2.05) is 0 Å². The molecule has 1 N–H and O–H groups in total. The van der Waals surface area contributed by atoms with Gasteiger partial charge in [0, 0.05) is 11.1 Å². The van der Waals surface area contributed by atoms with Crippen molar-refractivity contribution in [2.24, 2.45) is 0 Å². The lowest BCUT2D eigenvalue weighted by atomic mass is 10.0. The molecule has 0 fully saturated rings. The van der Waals surface area contributed by atoms with Gasteiger partial charge >= 0.3 is 0 Å². The van der Waals surface area contributed by atoms with Crippen LogP contribution in [0.25, 0.3) is 22.3 Å². The fraction of sp³-hybridized carbons (Fsp3) is 0.161. The lowest BCUT2D eigenvalue weighted by Gasteiger charge is -2.12. The average Bonchev–Trinajstić information content (AvgIpc) is 2.92. The van der Waals surface area contributed by atoms with Crippen molar-refractivity contribution >= 4 is 0 Å². The summed E-state index contributed by atoms with van der Waals surface area (Å²) >= 11 is 0. The summed E-state index contributed by atoms with van der Waals surface area (Å²) in [6.45, 7) is 5.30. The minimum absolute atomic E-state index is 0.0635. The molecule has 4 aromatic rings. The van der Waals surface area contributed by atoms with Crippen LogP contribution in [-0.4, -0.2) is 11.7 Å². The molecule has 38 heavy (non-hydrogen) atoms. The smallest absolute Gasteiger partial charge is 0.201 e. The highest BCUT2D eigenvalue weighted by atomic mass is 19.2. The number of halogens is 4. The lowest BCUT2D eigenvalue weighted by molar-refractivity contribution is 0.199. The van der Waals surface area contributed by atoms with Crippen molar-refractivity contribution in [3.8, 4) is 33.8 Å².